The fourth-order valence-electron chi connectivity index (χ4n) is 1.08. The second kappa shape index (κ2) is 4.00. The Morgan fingerprint density at radius 2 is 2.31 bits per heavy atom. The van der Waals surface area contributed by atoms with Crippen LogP contribution in [0.4, 0.5) is 0 Å². The molecule has 1 aliphatic heterocycles. The molecule has 5 heteroatoms. The molecule has 0 aromatic carbocycles. The third-order valence-electron chi connectivity index (χ3n) is 1.86. The number of hydrogen-bond acceptors (Lipinski definition) is 3. The molecule has 1 rings (SSSR count). The second-order valence-corrected chi connectivity index (χ2v) is 5.47. The minimum atomic E-state index is -0.414. The van der Waals surface area contributed by atoms with E-state index in [4.69, 9.17) is 4.74 Å². The van der Waals surface area contributed by atoms with Gasteiger partial charge in [-0.1, -0.05) is 15.9 Å². The van der Waals surface area contributed by atoms with E-state index in [1.165, 1.54) is 7.11 Å². The second-order valence-electron chi connectivity index (χ2n) is 2.93. The van der Waals surface area contributed by atoms with Crippen LogP contribution in [-0.4, -0.2) is 24.0 Å². The van der Waals surface area contributed by atoms with Crippen molar-refractivity contribution in [3.8, 4) is 0 Å². The number of carbonyl (C=O) groups excluding carboxylic acids is 1. The molecule has 0 saturated carbocycles. The zero-order valence-electron chi connectivity index (χ0n) is 7.39. The molecule has 0 aliphatic carbocycles. The lowest BCUT2D eigenvalue weighted by Crippen LogP contribution is -2.16. The Morgan fingerprint density at radius 3 is 2.69 bits per heavy atom. The van der Waals surface area contributed by atoms with Gasteiger partial charge in [-0.3, -0.25) is 0 Å². The van der Waals surface area contributed by atoms with Crippen molar-refractivity contribution in [1.29, 1.82) is 0 Å². The van der Waals surface area contributed by atoms with Gasteiger partial charge in [-0.25, -0.2) is 4.79 Å². The van der Waals surface area contributed by atoms with Crippen LogP contribution >= 0.6 is 31.9 Å². The normalized spacial score (nSPS) is 31.1. The molecular weight excluding hydrogens is 304 g/mol. The van der Waals surface area contributed by atoms with Crippen LogP contribution in [0.2, 0.25) is 0 Å². The van der Waals surface area contributed by atoms with Crippen LogP contribution in [0.1, 0.15) is 13.3 Å². The van der Waals surface area contributed by atoms with Gasteiger partial charge in [0, 0.05) is 6.42 Å². The number of carbonyl (C=O) groups is 1. The van der Waals surface area contributed by atoms with Gasteiger partial charge in [0.15, 0.2) is 0 Å². The zero-order valence-corrected chi connectivity index (χ0v) is 10.6. The van der Waals surface area contributed by atoms with E-state index in [0.717, 1.165) is 6.42 Å². The van der Waals surface area contributed by atoms with E-state index >= 15 is 0 Å². The minimum absolute atomic E-state index is 0.264. The molecule has 0 N–H and O–H groups in total. The smallest absolute Gasteiger partial charge is 0.348 e. The first-order chi connectivity index (χ1) is 5.99. The van der Waals surface area contributed by atoms with Crippen molar-refractivity contribution in [3.05, 3.63) is 10.2 Å². The molecule has 0 amide bonds. The van der Waals surface area contributed by atoms with Gasteiger partial charge in [0.05, 0.1) is 18.0 Å². The average Bonchev–Trinajstić information content (AvgIpc) is 2.42. The lowest BCUT2D eigenvalue weighted by Gasteiger charge is -2.15. The number of methoxy groups -OCH3 is 1. The van der Waals surface area contributed by atoms with Gasteiger partial charge in [-0.15, -0.1) is 0 Å². The molecule has 0 aromatic heterocycles. The first-order valence-corrected chi connectivity index (χ1v) is 5.38. The van der Waals surface area contributed by atoms with E-state index in [1.54, 1.807) is 0 Å². The van der Waals surface area contributed by atoms with Crippen LogP contribution in [0.5, 0.6) is 0 Å². The van der Waals surface area contributed by atoms with Crippen molar-refractivity contribution in [1.82, 2.24) is 0 Å². The minimum Gasteiger partial charge on any atom is -0.495 e. The van der Waals surface area contributed by atoms with Gasteiger partial charge in [-0.2, -0.15) is 0 Å². The van der Waals surface area contributed by atoms with Gasteiger partial charge < -0.3 is 9.47 Å². The number of rotatable bonds is 1. The van der Waals surface area contributed by atoms with Crippen molar-refractivity contribution in [2.45, 2.75) is 17.7 Å². The molecule has 1 fully saturated rings. The molecule has 1 saturated heterocycles. The van der Waals surface area contributed by atoms with E-state index in [-0.39, 0.29) is 4.32 Å². The van der Waals surface area contributed by atoms with E-state index in [2.05, 4.69) is 36.6 Å². The fraction of sp³-hybridized carbons (Fsp3) is 0.625. The number of halogens is 2. The molecule has 74 valence electrons. The third-order valence-corrected chi connectivity index (χ3v) is 3.30. The average molecular weight is 314 g/mol. The molecule has 3 nitrogen and oxygen atoms in total. The van der Waals surface area contributed by atoms with Crippen LogP contribution < -0.4 is 0 Å². The Balaban J connectivity index is 2.97. The monoisotopic (exact) mass is 312 g/mol. The number of hydrogen-bond donors (Lipinski definition) is 0. The number of esters is 1. The topological polar surface area (TPSA) is 35.5 Å². The van der Waals surface area contributed by atoms with Crippen molar-refractivity contribution < 1.29 is 14.3 Å². The lowest BCUT2D eigenvalue weighted by molar-refractivity contribution is -0.135. The molecule has 0 aromatic rings. The first-order valence-electron chi connectivity index (χ1n) is 3.79. The predicted molar refractivity (Wildman–Crippen MR) is 55.9 cm³/mol. The molecule has 0 spiro atoms. The van der Waals surface area contributed by atoms with E-state index < -0.39 is 5.97 Å². The van der Waals surface area contributed by atoms with E-state index in [9.17, 15) is 4.79 Å². The summed E-state index contributed by atoms with van der Waals surface area (Å²) in [6.45, 7) is 2.57. The highest BCUT2D eigenvalue weighted by Gasteiger charge is 2.37. The SMILES string of the molecule is COC(=O)/C(Br)=C1/OCCC1(C)Br. The maximum atomic E-state index is 11.2. The number of alkyl halides is 1. The van der Waals surface area contributed by atoms with Crippen LogP contribution in [0.15, 0.2) is 10.2 Å². The summed E-state index contributed by atoms with van der Waals surface area (Å²) < 4.78 is 10.0. The summed E-state index contributed by atoms with van der Waals surface area (Å²) in [6.07, 6.45) is 0.842. The van der Waals surface area contributed by atoms with Crippen LogP contribution in [0.25, 0.3) is 0 Å². The van der Waals surface area contributed by atoms with Crippen molar-refractivity contribution in [3.63, 3.8) is 0 Å². The third kappa shape index (κ3) is 2.26. The summed E-state index contributed by atoms with van der Waals surface area (Å²) in [6, 6.07) is 0. The quantitative estimate of drug-likeness (QED) is 0.423. The summed E-state index contributed by atoms with van der Waals surface area (Å²) in [5.74, 6) is 0.196. The highest BCUT2D eigenvalue weighted by Crippen LogP contribution is 2.40. The molecule has 0 radical (unpaired) electrons. The number of ether oxygens (including phenoxy) is 2. The maximum Gasteiger partial charge on any atom is 0.348 e. The van der Waals surface area contributed by atoms with E-state index in [1.807, 2.05) is 6.92 Å². The highest BCUT2D eigenvalue weighted by molar-refractivity contribution is 9.12. The van der Waals surface area contributed by atoms with Gasteiger partial charge in [0.2, 0.25) is 0 Å². The molecule has 1 atom stereocenters. The Labute approximate surface area is 93.7 Å². The van der Waals surface area contributed by atoms with Crippen molar-refractivity contribution in [2.75, 3.05) is 13.7 Å². The maximum absolute atomic E-state index is 11.2. The van der Waals surface area contributed by atoms with Crippen molar-refractivity contribution >= 4 is 37.8 Å². The Bertz CT molecular complexity index is 258. The largest absolute Gasteiger partial charge is 0.495 e. The summed E-state index contributed by atoms with van der Waals surface area (Å²) in [5.41, 5.74) is 0. The summed E-state index contributed by atoms with van der Waals surface area (Å²) in [4.78, 5) is 11.2. The van der Waals surface area contributed by atoms with Gasteiger partial charge in [-0.05, 0) is 22.9 Å². The molecular formula is C8H10Br2O3. The Hall–Kier alpha value is -0.0300. The lowest BCUT2D eigenvalue weighted by atomic mass is 10.1. The predicted octanol–water partition coefficient (Wildman–Crippen LogP) is 2.34. The Morgan fingerprint density at radius 1 is 1.69 bits per heavy atom. The standard InChI is InChI=1S/C8H10Br2O3/c1-8(10)3-4-13-6(8)5(9)7(11)12-2/h3-4H2,1-2H3/b6-5-. The van der Waals surface area contributed by atoms with Crippen LogP contribution in [0, 0.1) is 0 Å². The molecule has 1 unspecified atom stereocenters. The molecule has 0 bridgehead atoms. The summed E-state index contributed by atoms with van der Waals surface area (Å²) in [5, 5.41) is 0. The first kappa shape index (κ1) is 11.0. The summed E-state index contributed by atoms with van der Waals surface area (Å²) >= 11 is 6.64. The molecule has 13 heavy (non-hydrogen) atoms. The number of allylic oxidation sites excluding steroid dienone is 1. The fourth-order valence-corrected chi connectivity index (χ4v) is 2.54. The van der Waals surface area contributed by atoms with Gasteiger partial charge in [0.25, 0.3) is 0 Å². The van der Waals surface area contributed by atoms with Gasteiger partial charge in [0.1, 0.15) is 10.2 Å². The van der Waals surface area contributed by atoms with E-state index in [0.29, 0.717) is 16.8 Å². The molecule has 1 aliphatic rings. The van der Waals surface area contributed by atoms with Crippen molar-refractivity contribution in [2.24, 2.45) is 0 Å². The zero-order chi connectivity index (χ0) is 10.1. The van der Waals surface area contributed by atoms with Crippen LogP contribution in [0.3, 0.4) is 0 Å². The highest BCUT2D eigenvalue weighted by atomic mass is 79.9. The van der Waals surface area contributed by atoms with Gasteiger partial charge >= 0.3 is 5.97 Å². The van der Waals surface area contributed by atoms with Crippen LogP contribution in [-0.2, 0) is 14.3 Å². The molecule has 1 heterocycles. The Kier molecular flexibility index (Phi) is 3.40. The summed E-state index contributed by atoms with van der Waals surface area (Å²) in [7, 11) is 1.34.